The molecule has 8 heteroatoms. The zero-order chi connectivity index (χ0) is 18.4. The molecule has 25 heavy (non-hydrogen) atoms. The number of aromatic nitrogens is 1. The molecule has 0 saturated heterocycles. The van der Waals surface area contributed by atoms with Crippen LogP contribution in [0, 0.1) is 6.92 Å². The monoisotopic (exact) mass is 346 g/mol. The maximum absolute atomic E-state index is 11.7. The quantitative estimate of drug-likeness (QED) is 0.522. The Hall–Kier alpha value is -2.84. The largest absolute Gasteiger partial charge is 0.445 e. The van der Waals surface area contributed by atoms with Gasteiger partial charge in [0, 0.05) is 18.3 Å². The minimum absolute atomic E-state index is 0.114. The molecule has 0 aliphatic carbocycles. The van der Waals surface area contributed by atoms with E-state index in [-0.39, 0.29) is 24.7 Å². The summed E-state index contributed by atoms with van der Waals surface area (Å²) in [6, 6.07) is 9.19. The van der Waals surface area contributed by atoms with Crippen LogP contribution in [0.3, 0.4) is 0 Å². The van der Waals surface area contributed by atoms with E-state index in [2.05, 4.69) is 10.3 Å². The lowest BCUT2D eigenvalue weighted by Crippen LogP contribution is -2.36. The van der Waals surface area contributed by atoms with Crippen molar-refractivity contribution in [3.63, 3.8) is 0 Å². The molecule has 0 fully saturated rings. The number of rotatable bonds is 6. The van der Waals surface area contributed by atoms with Gasteiger partial charge in [-0.3, -0.25) is 0 Å². The number of nitrogen functional groups attached to an aromatic ring is 2. The number of nitrogens with two attached hydrogens (primary N) is 2. The van der Waals surface area contributed by atoms with Gasteiger partial charge in [0.1, 0.15) is 24.6 Å². The van der Waals surface area contributed by atoms with Gasteiger partial charge >= 0.3 is 6.09 Å². The summed E-state index contributed by atoms with van der Waals surface area (Å²) >= 11 is 0. The molecule has 2 aromatic rings. The highest BCUT2D eigenvalue weighted by Gasteiger charge is 2.23. The third-order valence-electron chi connectivity index (χ3n) is 3.81. The maximum atomic E-state index is 11.7. The lowest BCUT2D eigenvalue weighted by atomic mass is 10.0. The molecule has 134 valence electrons. The molecular formula is C17H22N4O4. The van der Waals surface area contributed by atoms with E-state index in [1.54, 1.807) is 6.92 Å². The van der Waals surface area contributed by atoms with Gasteiger partial charge in [-0.25, -0.2) is 9.78 Å². The molecule has 1 heterocycles. The van der Waals surface area contributed by atoms with Crippen LogP contribution in [0.15, 0.2) is 36.5 Å². The van der Waals surface area contributed by atoms with Crippen molar-refractivity contribution >= 4 is 17.6 Å². The molecule has 0 saturated carbocycles. The van der Waals surface area contributed by atoms with Crippen molar-refractivity contribution in [1.29, 1.82) is 0 Å². The summed E-state index contributed by atoms with van der Waals surface area (Å²) in [4.78, 5) is 15.5. The van der Waals surface area contributed by atoms with Crippen molar-refractivity contribution in [1.82, 2.24) is 10.3 Å². The average molecular weight is 346 g/mol. The number of carbonyl (C=O) groups is 1. The van der Waals surface area contributed by atoms with E-state index in [0.717, 1.165) is 5.56 Å². The number of aliphatic hydroxyl groups is 2. The highest BCUT2D eigenvalue weighted by Crippen LogP contribution is 2.26. The first-order valence-corrected chi connectivity index (χ1v) is 7.71. The van der Waals surface area contributed by atoms with Gasteiger partial charge in [0.15, 0.2) is 0 Å². The number of anilines is 2. The van der Waals surface area contributed by atoms with Crippen molar-refractivity contribution in [2.24, 2.45) is 0 Å². The number of hydrogen-bond acceptors (Lipinski definition) is 7. The fourth-order valence-corrected chi connectivity index (χ4v) is 2.23. The number of pyridine rings is 1. The molecule has 0 spiro atoms. The molecule has 8 nitrogen and oxygen atoms in total. The first-order chi connectivity index (χ1) is 11.9. The number of nitrogens with zero attached hydrogens (tertiary/aromatic N) is 1. The fourth-order valence-electron chi connectivity index (χ4n) is 2.23. The van der Waals surface area contributed by atoms with Gasteiger partial charge in [-0.15, -0.1) is 0 Å². The van der Waals surface area contributed by atoms with Crippen molar-refractivity contribution in [3.05, 3.63) is 53.2 Å². The molecule has 2 atom stereocenters. The van der Waals surface area contributed by atoms with Crippen molar-refractivity contribution in [2.45, 2.75) is 25.7 Å². The Balaban J connectivity index is 1.86. The van der Waals surface area contributed by atoms with Gasteiger partial charge in [-0.2, -0.15) is 0 Å². The van der Waals surface area contributed by atoms with E-state index < -0.39 is 18.3 Å². The van der Waals surface area contributed by atoms with Crippen LogP contribution in [0.5, 0.6) is 0 Å². The number of alkyl carbamates (subject to hydrolysis) is 1. The number of hydrogen-bond donors (Lipinski definition) is 5. The fraction of sp³-hybridized carbons (Fsp3) is 0.294. The lowest BCUT2D eigenvalue weighted by Gasteiger charge is -2.21. The summed E-state index contributed by atoms with van der Waals surface area (Å²) in [6.45, 7) is 1.58. The molecular weight excluding hydrogens is 324 g/mol. The second-order valence-corrected chi connectivity index (χ2v) is 5.59. The molecule has 0 aliphatic rings. The highest BCUT2D eigenvalue weighted by molar-refractivity contribution is 5.67. The van der Waals surface area contributed by atoms with Crippen LogP contribution in [0.25, 0.3) is 0 Å². The number of amides is 1. The number of carbonyl (C=O) groups excluding carboxylic acids is 1. The van der Waals surface area contributed by atoms with E-state index in [4.69, 9.17) is 16.2 Å². The molecule has 1 aromatic heterocycles. The summed E-state index contributed by atoms with van der Waals surface area (Å²) in [6.07, 6.45) is -1.87. The number of benzene rings is 1. The number of aliphatic hydroxyl groups excluding tert-OH is 2. The van der Waals surface area contributed by atoms with Crippen LogP contribution in [0.4, 0.5) is 16.3 Å². The van der Waals surface area contributed by atoms with Crippen LogP contribution >= 0.6 is 0 Å². The summed E-state index contributed by atoms with van der Waals surface area (Å²) in [7, 11) is 0. The van der Waals surface area contributed by atoms with Gasteiger partial charge in [0.05, 0.1) is 5.69 Å². The standard InChI is InChI=1S/C17H22N4O4/c1-10-12(7-20-16(19)14(10)18)15(23)13(22)8-21-17(24)25-9-11-5-3-2-4-6-11/h2-7,13,15,22-23H,8-9,18H2,1H3,(H2,19,20)(H,21,24). The van der Waals surface area contributed by atoms with Crippen LogP contribution < -0.4 is 16.8 Å². The summed E-state index contributed by atoms with van der Waals surface area (Å²) in [5.74, 6) is 0.158. The first kappa shape index (κ1) is 18.5. The van der Waals surface area contributed by atoms with Crippen molar-refractivity contribution < 1.29 is 19.7 Å². The lowest BCUT2D eigenvalue weighted by molar-refractivity contribution is 0.0179. The Morgan fingerprint density at radius 3 is 2.64 bits per heavy atom. The molecule has 0 bridgehead atoms. The zero-order valence-corrected chi connectivity index (χ0v) is 13.8. The molecule has 0 aliphatic heterocycles. The minimum Gasteiger partial charge on any atom is -0.445 e. The van der Waals surface area contributed by atoms with E-state index >= 15 is 0 Å². The summed E-state index contributed by atoms with van der Waals surface area (Å²) < 4.78 is 5.03. The SMILES string of the molecule is Cc1c(C(O)C(O)CNC(=O)OCc2ccccc2)cnc(N)c1N. The Kier molecular flexibility index (Phi) is 6.15. The van der Waals surface area contributed by atoms with E-state index in [9.17, 15) is 15.0 Å². The molecule has 1 aromatic carbocycles. The Bertz CT molecular complexity index is 724. The van der Waals surface area contributed by atoms with Gasteiger partial charge in [-0.1, -0.05) is 30.3 Å². The average Bonchev–Trinajstić information content (AvgIpc) is 2.63. The van der Waals surface area contributed by atoms with Crippen LogP contribution in [0.1, 0.15) is 22.8 Å². The van der Waals surface area contributed by atoms with E-state index in [1.807, 2.05) is 30.3 Å². The van der Waals surface area contributed by atoms with Crippen LogP contribution in [-0.4, -0.2) is 33.9 Å². The second-order valence-electron chi connectivity index (χ2n) is 5.59. The first-order valence-electron chi connectivity index (χ1n) is 7.71. The summed E-state index contributed by atoms with van der Waals surface area (Å²) in [5.41, 5.74) is 13.3. The molecule has 2 rings (SSSR count). The third-order valence-corrected chi connectivity index (χ3v) is 3.81. The second kappa shape index (κ2) is 8.32. The maximum Gasteiger partial charge on any atom is 0.407 e. The highest BCUT2D eigenvalue weighted by atomic mass is 16.5. The van der Waals surface area contributed by atoms with E-state index in [1.165, 1.54) is 6.20 Å². The predicted octanol–water partition coefficient (Wildman–Crippen LogP) is 0.875. The molecule has 1 amide bonds. The predicted molar refractivity (Wildman–Crippen MR) is 93.4 cm³/mol. The molecule has 2 unspecified atom stereocenters. The van der Waals surface area contributed by atoms with Gasteiger partial charge < -0.3 is 31.7 Å². The van der Waals surface area contributed by atoms with E-state index in [0.29, 0.717) is 11.1 Å². The van der Waals surface area contributed by atoms with Gasteiger partial charge in [-0.05, 0) is 18.1 Å². The smallest absolute Gasteiger partial charge is 0.407 e. The van der Waals surface area contributed by atoms with Crippen molar-refractivity contribution in [3.8, 4) is 0 Å². The van der Waals surface area contributed by atoms with Crippen molar-refractivity contribution in [2.75, 3.05) is 18.0 Å². The molecule has 0 radical (unpaired) electrons. The third kappa shape index (κ3) is 4.82. The Labute approximate surface area is 145 Å². The van der Waals surface area contributed by atoms with Crippen LogP contribution in [0.2, 0.25) is 0 Å². The number of nitrogens with one attached hydrogen (secondary N) is 1. The zero-order valence-electron chi connectivity index (χ0n) is 13.8. The normalized spacial score (nSPS) is 13.1. The molecule has 7 N–H and O–H groups in total. The Morgan fingerprint density at radius 2 is 1.96 bits per heavy atom. The number of ether oxygens (including phenoxy) is 1. The van der Waals surface area contributed by atoms with Gasteiger partial charge in [0.2, 0.25) is 0 Å². The minimum atomic E-state index is -1.27. The van der Waals surface area contributed by atoms with Crippen LogP contribution in [-0.2, 0) is 11.3 Å². The summed E-state index contributed by atoms with van der Waals surface area (Å²) in [5, 5.41) is 22.7. The van der Waals surface area contributed by atoms with Gasteiger partial charge in [0.25, 0.3) is 0 Å². The Morgan fingerprint density at radius 1 is 1.28 bits per heavy atom. The topological polar surface area (TPSA) is 144 Å².